The summed E-state index contributed by atoms with van der Waals surface area (Å²) in [7, 11) is 1.95. The van der Waals surface area contributed by atoms with E-state index >= 15 is 0 Å². The molecule has 0 unspecified atom stereocenters. The molecule has 84 valence electrons. The van der Waals surface area contributed by atoms with E-state index in [0.29, 0.717) is 26.1 Å². The van der Waals surface area contributed by atoms with E-state index in [9.17, 15) is 4.39 Å². The third-order valence-electron chi connectivity index (χ3n) is 3.01. The van der Waals surface area contributed by atoms with Crippen LogP contribution in [0.5, 0.6) is 0 Å². The van der Waals surface area contributed by atoms with Gasteiger partial charge in [0.15, 0.2) is 0 Å². The lowest BCUT2D eigenvalue weighted by Gasteiger charge is -2.21. The van der Waals surface area contributed by atoms with Gasteiger partial charge in [0.25, 0.3) is 0 Å². The predicted octanol–water partition coefficient (Wildman–Crippen LogP) is 0.291. The molecule has 1 saturated heterocycles. The van der Waals surface area contributed by atoms with Gasteiger partial charge < -0.3 is 10.3 Å². The zero-order valence-corrected chi connectivity index (χ0v) is 8.93. The van der Waals surface area contributed by atoms with Gasteiger partial charge in [-0.05, 0) is 6.42 Å². The molecule has 1 aliphatic rings. The number of imidazole rings is 1. The average molecular weight is 212 g/mol. The van der Waals surface area contributed by atoms with E-state index < -0.39 is 6.17 Å². The molecule has 2 rings (SSSR count). The van der Waals surface area contributed by atoms with Crippen LogP contribution >= 0.6 is 0 Å². The van der Waals surface area contributed by atoms with Gasteiger partial charge >= 0.3 is 0 Å². The Morgan fingerprint density at radius 3 is 3.07 bits per heavy atom. The van der Waals surface area contributed by atoms with Gasteiger partial charge in [-0.1, -0.05) is 0 Å². The van der Waals surface area contributed by atoms with Gasteiger partial charge in [-0.3, -0.25) is 4.90 Å². The van der Waals surface area contributed by atoms with Gasteiger partial charge in [-0.2, -0.15) is 0 Å². The Balaban J connectivity index is 2.02. The highest BCUT2D eigenvalue weighted by atomic mass is 19.1. The highest BCUT2D eigenvalue weighted by Gasteiger charge is 2.31. The summed E-state index contributed by atoms with van der Waals surface area (Å²) < 4.78 is 15.2. The Labute approximate surface area is 88.9 Å². The van der Waals surface area contributed by atoms with Gasteiger partial charge in [0.1, 0.15) is 12.0 Å². The molecule has 0 aromatic carbocycles. The van der Waals surface area contributed by atoms with Crippen molar-refractivity contribution in [2.24, 2.45) is 12.8 Å². The minimum Gasteiger partial charge on any atom is -0.337 e. The number of aromatic nitrogens is 2. The van der Waals surface area contributed by atoms with Crippen molar-refractivity contribution in [1.29, 1.82) is 0 Å². The van der Waals surface area contributed by atoms with Gasteiger partial charge in [0.2, 0.25) is 0 Å². The maximum atomic E-state index is 13.2. The zero-order valence-electron chi connectivity index (χ0n) is 8.93. The van der Waals surface area contributed by atoms with Gasteiger partial charge in [-0.25, -0.2) is 9.37 Å². The lowest BCUT2D eigenvalue weighted by atomic mass is 10.2. The highest BCUT2D eigenvalue weighted by Crippen LogP contribution is 2.21. The summed E-state index contributed by atoms with van der Waals surface area (Å²) in [6, 6.07) is 0.164. The molecule has 0 spiro atoms. The fourth-order valence-corrected chi connectivity index (χ4v) is 2.09. The first-order chi connectivity index (χ1) is 7.20. The van der Waals surface area contributed by atoms with Crippen LogP contribution in [-0.4, -0.2) is 39.8 Å². The standard InChI is InChI=1S/C10H17FN4/c1-14-3-2-13-10(14)7-15-6-8(11)4-9(15)5-12/h2-3,8-9H,4-7,12H2,1H3/t8-,9+/m0/s1. The number of aryl methyl sites for hydroxylation is 1. The number of alkyl halides is 1. The molecule has 0 amide bonds. The van der Waals surface area contributed by atoms with Crippen LogP contribution in [0.1, 0.15) is 12.2 Å². The molecule has 1 fully saturated rings. The molecule has 0 radical (unpaired) electrons. The topological polar surface area (TPSA) is 47.1 Å². The summed E-state index contributed by atoms with van der Waals surface area (Å²) >= 11 is 0. The summed E-state index contributed by atoms with van der Waals surface area (Å²) in [5, 5.41) is 0. The number of likely N-dealkylation sites (tertiary alicyclic amines) is 1. The van der Waals surface area contributed by atoms with Crippen molar-refractivity contribution in [1.82, 2.24) is 14.5 Å². The minimum atomic E-state index is -0.737. The Morgan fingerprint density at radius 1 is 1.67 bits per heavy atom. The average Bonchev–Trinajstić information content (AvgIpc) is 2.75. The number of nitrogens with two attached hydrogens (primary N) is 1. The van der Waals surface area contributed by atoms with Crippen LogP contribution in [0.3, 0.4) is 0 Å². The molecule has 1 aliphatic heterocycles. The van der Waals surface area contributed by atoms with Gasteiger partial charge in [0, 0.05) is 38.6 Å². The molecule has 0 aliphatic carbocycles. The minimum absolute atomic E-state index is 0.164. The second-order valence-corrected chi connectivity index (χ2v) is 4.11. The van der Waals surface area contributed by atoms with E-state index in [0.717, 1.165) is 5.82 Å². The zero-order chi connectivity index (χ0) is 10.8. The van der Waals surface area contributed by atoms with Crippen LogP contribution in [0.25, 0.3) is 0 Å². The van der Waals surface area contributed by atoms with E-state index in [1.54, 1.807) is 6.20 Å². The van der Waals surface area contributed by atoms with Gasteiger partial charge in [-0.15, -0.1) is 0 Å². The molecule has 4 nitrogen and oxygen atoms in total. The molecule has 1 aromatic heterocycles. The van der Waals surface area contributed by atoms with Crippen molar-refractivity contribution in [3.63, 3.8) is 0 Å². The fraction of sp³-hybridized carbons (Fsp3) is 0.700. The predicted molar refractivity (Wildman–Crippen MR) is 56.0 cm³/mol. The van der Waals surface area contributed by atoms with Crippen molar-refractivity contribution < 1.29 is 4.39 Å². The normalized spacial score (nSPS) is 27.4. The summed E-state index contributed by atoms with van der Waals surface area (Å²) in [6.07, 6.45) is 3.48. The Kier molecular flexibility index (Phi) is 3.02. The lowest BCUT2D eigenvalue weighted by molar-refractivity contribution is 0.231. The molecular weight excluding hydrogens is 195 g/mol. The molecule has 2 atom stereocenters. The number of halogens is 1. The summed E-state index contributed by atoms with van der Waals surface area (Å²) in [6.45, 7) is 1.69. The summed E-state index contributed by atoms with van der Waals surface area (Å²) in [5.74, 6) is 0.961. The quantitative estimate of drug-likeness (QED) is 0.783. The monoisotopic (exact) mass is 212 g/mol. The first kappa shape index (κ1) is 10.6. The lowest BCUT2D eigenvalue weighted by Crippen LogP contribution is -2.35. The molecule has 0 bridgehead atoms. The van der Waals surface area contributed by atoms with Crippen LogP contribution < -0.4 is 5.73 Å². The van der Waals surface area contributed by atoms with Crippen LogP contribution in [0.15, 0.2) is 12.4 Å². The second-order valence-electron chi connectivity index (χ2n) is 4.11. The van der Waals surface area contributed by atoms with E-state index in [1.807, 2.05) is 17.8 Å². The summed E-state index contributed by atoms with van der Waals surface area (Å²) in [5.41, 5.74) is 5.62. The maximum absolute atomic E-state index is 13.2. The second kappa shape index (κ2) is 4.28. The van der Waals surface area contributed by atoms with Crippen LogP contribution in [0.4, 0.5) is 4.39 Å². The SMILES string of the molecule is Cn1ccnc1CN1C[C@@H](F)C[C@@H]1CN. The highest BCUT2D eigenvalue weighted by molar-refractivity contribution is 4.95. The van der Waals surface area contributed by atoms with Crippen molar-refractivity contribution >= 4 is 0 Å². The van der Waals surface area contributed by atoms with Gasteiger partial charge in [0.05, 0.1) is 6.54 Å². The molecule has 2 N–H and O–H groups in total. The van der Waals surface area contributed by atoms with Crippen LogP contribution in [0.2, 0.25) is 0 Å². The molecule has 15 heavy (non-hydrogen) atoms. The van der Waals surface area contributed by atoms with E-state index in [4.69, 9.17) is 5.73 Å². The number of nitrogens with zero attached hydrogens (tertiary/aromatic N) is 3. The first-order valence-corrected chi connectivity index (χ1v) is 5.25. The Bertz CT molecular complexity index is 325. The smallest absolute Gasteiger partial charge is 0.122 e. The van der Waals surface area contributed by atoms with Crippen LogP contribution in [0, 0.1) is 0 Å². The van der Waals surface area contributed by atoms with Crippen molar-refractivity contribution in [3.05, 3.63) is 18.2 Å². The van der Waals surface area contributed by atoms with Crippen molar-refractivity contribution in [2.45, 2.75) is 25.2 Å². The van der Waals surface area contributed by atoms with E-state index in [1.165, 1.54) is 0 Å². The van der Waals surface area contributed by atoms with Crippen molar-refractivity contribution in [3.8, 4) is 0 Å². The van der Waals surface area contributed by atoms with Crippen LogP contribution in [-0.2, 0) is 13.6 Å². The first-order valence-electron chi connectivity index (χ1n) is 5.25. The number of hydrogen-bond donors (Lipinski definition) is 1. The molecule has 2 heterocycles. The summed E-state index contributed by atoms with van der Waals surface area (Å²) in [4.78, 5) is 6.31. The molecule has 5 heteroatoms. The number of rotatable bonds is 3. The van der Waals surface area contributed by atoms with E-state index in [2.05, 4.69) is 9.88 Å². The third kappa shape index (κ3) is 2.18. The molecule has 0 saturated carbocycles. The van der Waals surface area contributed by atoms with Crippen molar-refractivity contribution in [2.75, 3.05) is 13.1 Å². The fourth-order valence-electron chi connectivity index (χ4n) is 2.09. The third-order valence-corrected chi connectivity index (χ3v) is 3.01. The Morgan fingerprint density at radius 2 is 2.47 bits per heavy atom. The molecular formula is C10H17FN4. The largest absolute Gasteiger partial charge is 0.337 e. The Hall–Kier alpha value is -0.940. The van der Waals surface area contributed by atoms with E-state index in [-0.39, 0.29) is 6.04 Å². The maximum Gasteiger partial charge on any atom is 0.122 e. The molecule has 1 aromatic rings. The number of hydrogen-bond acceptors (Lipinski definition) is 3.